The first-order chi connectivity index (χ1) is 8.19. The van der Waals surface area contributed by atoms with E-state index >= 15 is 0 Å². The third-order valence-corrected chi connectivity index (χ3v) is 4.21. The third kappa shape index (κ3) is 3.38. The molecule has 1 aromatic rings. The lowest BCUT2D eigenvalue weighted by Gasteiger charge is -2.25. The number of anilines is 1. The van der Waals surface area contributed by atoms with E-state index in [4.69, 9.17) is 5.84 Å². The van der Waals surface area contributed by atoms with Crippen molar-refractivity contribution in [3.05, 3.63) is 11.1 Å². The molecule has 0 bridgehead atoms. The van der Waals surface area contributed by atoms with Crippen molar-refractivity contribution in [3.63, 3.8) is 0 Å². The fourth-order valence-electron chi connectivity index (χ4n) is 2.35. The van der Waals surface area contributed by atoms with Crippen LogP contribution in [0.25, 0.3) is 0 Å². The zero-order chi connectivity index (χ0) is 12.3. The molecule has 1 atom stereocenters. The van der Waals surface area contributed by atoms with Gasteiger partial charge in [-0.3, -0.25) is 10.3 Å². The van der Waals surface area contributed by atoms with Crippen LogP contribution in [0.2, 0.25) is 0 Å². The molecular weight excluding hydrogens is 234 g/mol. The number of likely N-dealkylation sites (tertiary alicyclic amines) is 1. The molecule has 0 aliphatic carbocycles. The molecule has 2 rings (SSSR count). The van der Waals surface area contributed by atoms with Crippen LogP contribution in [0.4, 0.5) is 5.13 Å². The van der Waals surface area contributed by atoms with Gasteiger partial charge in [-0.1, -0.05) is 11.3 Å². The molecule has 1 fully saturated rings. The predicted molar refractivity (Wildman–Crippen MR) is 71.9 cm³/mol. The van der Waals surface area contributed by atoms with Gasteiger partial charge in [-0.15, -0.1) is 0 Å². The summed E-state index contributed by atoms with van der Waals surface area (Å²) in [4.78, 5) is 10.2. The fourth-order valence-corrected chi connectivity index (χ4v) is 3.15. The van der Waals surface area contributed by atoms with E-state index in [2.05, 4.69) is 34.3 Å². The van der Waals surface area contributed by atoms with Crippen molar-refractivity contribution < 1.29 is 0 Å². The van der Waals surface area contributed by atoms with Crippen molar-refractivity contribution in [2.45, 2.75) is 25.4 Å². The highest BCUT2D eigenvalue weighted by Crippen LogP contribution is 2.20. The van der Waals surface area contributed by atoms with Gasteiger partial charge in [-0.25, -0.2) is 10.8 Å². The molecule has 0 amide bonds. The second-order valence-electron chi connectivity index (χ2n) is 4.75. The van der Waals surface area contributed by atoms with Gasteiger partial charge < -0.3 is 4.90 Å². The molecule has 1 aliphatic heterocycles. The zero-order valence-corrected chi connectivity index (χ0v) is 11.3. The van der Waals surface area contributed by atoms with Gasteiger partial charge in [-0.2, -0.15) is 0 Å². The van der Waals surface area contributed by atoms with E-state index < -0.39 is 0 Å². The molecule has 6 heteroatoms. The number of likely N-dealkylation sites (N-methyl/N-ethyl adjacent to an activating group) is 2. The lowest BCUT2D eigenvalue weighted by molar-refractivity contribution is 0.216. The molecule has 0 radical (unpaired) electrons. The van der Waals surface area contributed by atoms with Gasteiger partial charge in [0.2, 0.25) is 0 Å². The van der Waals surface area contributed by atoms with Gasteiger partial charge in [0.05, 0.1) is 0 Å². The third-order valence-electron chi connectivity index (χ3n) is 3.30. The van der Waals surface area contributed by atoms with Gasteiger partial charge in [0.1, 0.15) is 0 Å². The van der Waals surface area contributed by atoms with Crippen molar-refractivity contribution >= 4 is 16.5 Å². The van der Waals surface area contributed by atoms with Crippen LogP contribution >= 0.6 is 11.3 Å². The quantitative estimate of drug-likeness (QED) is 0.606. The van der Waals surface area contributed by atoms with Crippen molar-refractivity contribution in [1.82, 2.24) is 14.8 Å². The Labute approximate surface area is 107 Å². The number of aromatic nitrogens is 1. The lowest BCUT2D eigenvalue weighted by atomic mass is 10.2. The minimum absolute atomic E-state index is 0.708. The molecule has 0 aromatic carbocycles. The highest BCUT2D eigenvalue weighted by molar-refractivity contribution is 7.15. The van der Waals surface area contributed by atoms with E-state index in [0.717, 1.165) is 18.2 Å². The lowest BCUT2D eigenvalue weighted by Crippen LogP contribution is -2.36. The topological polar surface area (TPSA) is 57.4 Å². The summed E-state index contributed by atoms with van der Waals surface area (Å²) < 4.78 is 0. The molecule has 3 N–H and O–H groups in total. The average Bonchev–Trinajstić information content (AvgIpc) is 2.89. The Morgan fingerprint density at radius 1 is 1.71 bits per heavy atom. The summed E-state index contributed by atoms with van der Waals surface area (Å²) in [5.41, 5.74) is 2.58. The molecule has 1 aromatic heterocycles. The first-order valence-corrected chi connectivity index (χ1v) is 6.81. The molecule has 2 heterocycles. The van der Waals surface area contributed by atoms with Gasteiger partial charge in [-0.05, 0) is 33.5 Å². The monoisotopic (exact) mass is 255 g/mol. The smallest absolute Gasteiger partial charge is 0.197 e. The van der Waals surface area contributed by atoms with Crippen LogP contribution in [0.5, 0.6) is 0 Å². The Balaban J connectivity index is 1.82. The number of hydrogen-bond acceptors (Lipinski definition) is 6. The molecule has 0 spiro atoms. The number of nitrogens with zero attached hydrogens (tertiary/aromatic N) is 3. The molecular formula is C11H21N5S. The summed E-state index contributed by atoms with van der Waals surface area (Å²) in [6.45, 7) is 3.31. The van der Waals surface area contributed by atoms with E-state index in [1.807, 2.05) is 6.20 Å². The van der Waals surface area contributed by atoms with Crippen LogP contribution in [-0.2, 0) is 6.54 Å². The van der Waals surface area contributed by atoms with Gasteiger partial charge in [0, 0.05) is 30.2 Å². The number of nitrogens with two attached hydrogens (primary N) is 1. The maximum atomic E-state index is 5.32. The predicted octanol–water partition coefficient (Wildman–Crippen LogP) is 0.955. The van der Waals surface area contributed by atoms with Crippen molar-refractivity contribution in [3.8, 4) is 0 Å². The molecule has 0 saturated carbocycles. The number of thiazole rings is 1. The van der Waals surface area contributed by atoms with E-state index in [9.17, 15) is 0 Å². The van der Waals surface area contributed by atoms with E-state index in [0.29, 0.717) is 6.04 Å². The van der Waals surface area contributed by atoms with Crippen molar-refractivity contribution in [2.75, 3.05) is 32.6 Å². The highest BCUT2D eigenvalue weighted by atomic mass is 32.1. The first kappa shape index (κ1) is 12.8. The largest absolute Gasteiger partial charge is 0.302 e. The van der Waals surface area contributed by atoms with Crippen LogP contribution in [0, 0.1) is 0 Å². The summed E-state index contributed by atoms with van der Waals surface area (Å²) in [5.74, 6) is 5.32. The summed E-state index contributed by atoms with van der Waals surface area (Å²) in [5, 5.41) is 0.784. The zero-order valence-electron chi connectivity index (χ0n) is 10.5. The van der Waals surface area contributed by atoms with E-state index in [1.54, 1.807) is 11.3 Å². The van der Waals surface area contributed by atoms with E-state index in [-0.39, 0.29) is 0 Å². The standard InChI is InChI=1S/C11H21N5S/c1-15(7-9-4-3-5-16(9)2)8-10-6-13-11(14-12)17-10/h6,9H,3-5,7-8,12H2,1-2H3,(H,13,14). The van der Waals surface area contributed by atoms with E-state index in [1.165, 1.54) is 24.3 Å². The van der Waals surface area contributed by atoms with Crippen molar-refractivity contribution in [1.29, 1.82) is 0 Å². The Bertz CT molecular complexity index is 353. The Hall–Kier alpha value is -0.690. The molecule has 1 unspecified atom stereocenters. The second-order valence-corrected chi connectivity index (χ2v) is 5.86. The van der Waals surface area contributed by atoms with Crippen LogP contribution in [-0.4, -0.2) is 48.0 Å². The van der Waals surface area contributed by atoms with Crippen LogP contribution in [0.1, 0.15) is 17.7 Å². The normalized spacial score (nSPS) is 21.3. The molecule has 5 nitrogen and oxygen atoms in total. The molecule has 96 valence electrons. The SMILES string of the molecule is CN(Cc1cnc(NN)s1)CC1CCCN1C. The van der Waals surface area contributed by atoms with Gasteiger partial charge in [0.25, 0.3) is 0 Å². The van der Waals surface area contributed by atoms with Gasteiger partial charge in [0.15, 0.2) is 5.13 Å². The first-order valence-electron chi connectivity index (χ1n) is 5.99. The number of nitrogens with one attached hydrogen (secondary N) is 1. The number of hydrogen-bond donors (Lipinski definition) is 2. The van der Waals surface area contributed by atoms with Crippen LogP contribution < -0.4 is 11.3 Å². The Kier molecular flexibility index (Phi) is 4.33. The average molecular weight is 255 g/mol. The molecule has 1 saturated heterocycles. The summed E-state index contributed by atoms with van der Waals surface area (Å²) in [6, 6.07) is 0.708. The second kappa shape index (κ2) is 5.77. The number of nitrogen functional groups attached to an aromatic ring is 1. The molecule has 17 heavy (non-hydrogen) atoms. The fraction of sp³-hybridized carbons (Fsp3) is 0.727. The Morgan fingerprint density at radius 3 is 3.12 bits per heavy atom. The minimum Gasteiger partial charge on any atom is -0.302 e. The number of hydrazine groups is 1. The minimum atomic E-state index is 0.708. The maximum absolute atomic E-state index is 5.32. The Morgan fingerprint density at radius 2 is 2.53 bits per heavy atom. The van der Waals surface area contributed by atoms with Crippen molar-refractivity contribution in [2.24, 2.45) is 5.84 Å². The highest BCUT2D eigenvalue weighted by Gasteiger charge is 2.22. The summed E-state index contributed by atoms with van der Waals surface area (Å²) in [6.07, 6.45) is 4.55. The number of rotatable bonds is 5. The van der Waals surface area contributed by atoms with Crippen LogP contribution in [0.3, 0.4) is 0 Å². The maximum Gasteiger partial charge on any atom is 0.197 e. The molecule has 1 aliphatic rings. The van der Waals surface area contributed by atoms with Gasteiger partial charge >= 0.3 is 0 Å². The van der Waals surface area contributed by atoms with Crippen LogP contribution in [0.15, 0.2) is 6.20 Å². The summed E-state index contributed by atoms with van der Waals surface area (Å²) >= 11 is 1.62. The summed E-state index contributed by atoms with van der Waals surface area (Å²) in [7, 11) is 4.38.